The van der Waals surface area contributed by atoms with Crippen molar-refractivity contribution in [3.8, 4) is 0 Å². The maximum atomic E-state index is 4.03. The van der Waals surface area contributed by atoms with Gasteiger partial charge < -0.3 is 10.6 Å². The Kier molecular flexibility index (Phi) is 2.73. The molecule has 0 aromatic heterocycles. The first-order valence-electron chi connectivity index (χ1n) is 6.86. The van der Waals surface area contributed by atoms with E-state index >= 15 is 0 Å². The van der Waals surface area contributed by atoms with Crippen molar-refractivity contribution >= 4 is 0 Å². The minimum absolute atomic E-state index is 0.483. The van der Waals surface area contributed by atoms with E-state index in [0.29, 0.717) is 5.54 Å². The van der Waals surface area contributed by atoms with E-state index in [-0.39, 0.29) is 0 Å². The van der Waals surface area contributed by atoms with Crippen LogP contribution in [0.3, 0.4) is 0 Å². The van der Waals surface area contributed by atoms with E-state index in [1.165, 1.54) is 64.5 Å². The third-order valence-corrected chi connectivity index (χ3v) is 4.83. The fraction of sp³-hybridized carbons (Fsp3) is 1.00. The number of rotatable bonds is 0. The SMILES string of the molecule is C1CCC2NC3(CCCC3)CNCC2C1. The summed E-state index contributed by atoms with van der Waals surface area (Å²) in [6.45, 7) is 2.49. The third kappa shape index (κ3) is 1.94. The fourth-order valence-electron chi connectivity index (χ4n) is 3.96. The Bertz CT molecular complexity index is 221. The van der Waals surface area contributed by atoms with Gasteiger partial charge in [-0.05, 0) is 38.1 Å². The molecular weight excluding hydrogens is 184 g/mol. The summed E-state index contributed by atoms with van der Waals surface area (Å²) in [6.07, 6.45) is 11.5. The normalized spacial score (nSPS) is 40.0. The molecule has 1 saturated heterocycles. The van der Waals surface area contributed by atoms with E-state index in [1.807, 2.05) is 0 Å². The maximum Gasteiger partial charge on any atom is 0.0308 e. The predicted molar refractivity (Wildman–Crippen MR) is 63.0 cm³/mol. The first kappa shape index (κ1) is 10.1. The zero-order valence-corrected chi connectivity index (χ0v) is 9.73. The van der Waals surface area contributed by atoms with Crippen LogP contribution < -0.4 is 10.6 Å². The largest absolute Gasteiger partial charge is 0.315 e. The summed E-state index contributed by atoms with van der Waals surface area (Å²) in [5.41, 5.74) is 0.483. The minimum Gasteiger partial charge on any atom is -0.315 e. The predicted octanol–water partition coefficient (Wildman–Crippen LogP) is 2.05. The van der Waals surface area contributed by atoms with E-state index in [1.54, 1.807) is 0 Å². The summed E-state index contributed by atoms with van der Waals surface area (Å²) >= 11 is 0. The first-order chi connectivity index (χ1) is 7.38. The number of hydrogen-bond acceptors (Lipinski definition) is 2. The van der Waals surface area contributed by atoms with Crippen molar-refractivity contribution in [3.63, 3.8) is 0 Å². The van der Waals surface area contributed by atoms with Crippen LogP contribution in [0.1, 0.15) is 51.4 Å². The number of nitrogens with one attached hydrogen (secondary N) is 2. The molecule has 2 unspecified atom stereocenters. The van der Waals surface area contributed by atoms with Crippen molar-refractivity contribution in [2.24, 2.45) is 5.92 Å². The Balaban J connectivity index is 1.73. The quantitative estimate of drug-likeness (QED) is 0.636. The van der Waals surface area contributed by atoms with Crippen LogP contribution in [0.4, 0.5) is 0 Å². The van der Waals surface area contributed by atoms with Crippen LogP contribution in [0.15, 0.2) is 0 Å². The molecule has 2 nitrogen and oxygen atoms in total. The Morgan fingerprint density at radius 1 is 0.933 bits per heavy atom. The van der Waals surface area contributed by atoms with Crippen LogP contribution in [0.25, 0.3) is 0 Å². The summed E-state index contributed by atoms with van der Waals surface area (Å²) in [6, 6.07) is 0.826. The van der Waals surface area contributed by atoms with Crippen molar-refractivity contribution in [1.29, 1.82) is 0 Å². The van der Waals surface area contributed by atoms with E-state index in [2.05, 4.69) is 10.6 Å². The zero-order chi connectivity index (χ0) is 10.1. The second-order valence-electron chi connectivity index (χ2n) is 5.91. The van der Waals surface area contributed by atoms with Gasteiger partial charge in [-0.3, -0.25) is 0 Å². The first-order valence-corrected chi connectivity index (χ1v) is 6.86. The van der Waals surface area contributed by atoms with Crippen molar-refractivity contribution in [2.45, 2.75) is 62.9 Å². The van der Waals surface area contributed by atoms with Crippen LogP contribution in [-0.4, -0.2) is 24.7 Å². The van der Waals surface area contributed by atoms with Crippen LogP contribution in [0.5, 0.6) is 0 Å². The molecule has 15 heavy (non-hydrogen) atoms. The topological polar surface area (TPSA) is 24.1 Å². The molecular formula is C13H24N2. The number of fused-ring (bicyclic) bond motifs is 1. The van der Waals surface area contributed by atoms with Crippen molar-refractivity contribution in [1.82, 2.24) is 10.6 Å². The van der Waals surface area contributed by atoms with Gasteiger partial charge in [0.25, 0.3) is 0 Å². The van der Waals surface area contributed by atoms with Crippen molar-refractivity contribution < 1.29 is 0 Å². The molecule has 0 amide bonds. The molecule has 2 saturated carbocycles. The molecule has 0 radical (unpaired) electrons. The summed E-state index contributed by atoms with van der Waals surface area (Å²) in [4.78, 5) is 0. The van der Waals surface area contributed by atoms with Crippen LogP contribution in [0.2, 0.25) is 0 Å². The van der Waals surface area contributed by atoms with E-state index < -0.39 is 0 Å². The maximum absolute atomic E-state index is 4.03. The average Bonchev–Trinajstić information content (AvgIpc) is 2.61. The smallest absolute Gasteiger partial charge is 0.0308 e. The Morgan fingerprint density at radius 2 is 1.73 bits per heavy atom. The molecule has 0 aromatic carbocycles. The molecule has 2 N–H and O–H groups in total. The molecule has 1 spiro atoms. The average molecular weight is 208 g/mol. The summed E-state index contributed by atoms with van der Waals surface area (Å²) in [5, 5.41) is 7.75. The van der Waals surface area contributed by atoms with Gasteiger partial charge in [0.05, 0.1) is 0 Å². The lowest BCUT2D eigenvalue weighted by Crippen LogP contribution is -2.53. The van der Waals surface area contributed by atoms with Gasteiger partial charge in [0.15, 0.2) is 0 Å². The molecule has 1 heterocycles. The molecule has 2 heteroatoms. The molecule has 2 atom stereocenters. The van der Waals surface area contributed by atoms with Crippen molar-refractivity contribution in [2.75, 3.05) is 13.1 Å². The fourth-order valence-corrected chi connectivity index (χ4v) is 3.96. The lowest BCUT2D eigenvalue weighted by molar-refractivity contribution is 0.226. The highest BCUT2D eigenvalue weighted by molar-refractivity contribution is 5.01. The second-order valence-corrected chi connectivity index (χ2v) is 5.91. The Labute approximate surface area is 93.2 Å². The van der Waals surface area contributed by atoms with E-state index in [0.717, 1.165) is 12.0 Å². The second kappa shape index (κ2) is 4.06. The standard InChI is InChI=1S/C13H24N2/c1-2-6-12-11(5-1)9-14-10-13(15-12)7-3-4-8-13/h11-12,14-15H,1-10H2. The number of hydrogen-bond donors (Lipinski definition) is 2. The molecule has 3 fully saturated rings. The van der Waals surface area contributed by atoms with Gasteiger partial charge in [0.2, 0.25) is 0 Å². The Morgan fingerprint density at radius 3 is 2.60 bits per heavy atom. The van der Waals surface area contributed by atoms with Gasteiger partial charge in [-0.2, -0.15) is 0 Å². The third-order valence-electron chi connectivity index (χ3n) is 4.83. The molecule has 2 aliphatic carbocycles. The summed E-state index contributed by atoms with van der Waals surface area (Å²) in [7, 11) is 0. The van der Waals surface area contributed by atoms with Gasteiger partial charge in [0.1, 0.15) is 0 Å². The van der Waals surface area contributed by atoms with E-state index in [4.69, 9.17) is 0 Å². The van der Waals surface area contributed by atoms with Crippen LogP contribution >= 0.6 is 0 Å². The molecule has 0 aromatic rings. The van der Waals surface area contributed by atoms with Gasteiger partial charge in [-0.15, -0.1) is 0 Å². The van der Waals surface area contributed by atoms with Gasteiger partial charge in [-0.25, -0.2) is 0 Å². The Hall–Kier alpha value is -0.0800. The van der Waals surface area contributed by atoms with Crippen LogP contribution in [-0.2, 0) is 0 Å². The van der Waals surface area contributed by atoms with E-state index in [9.17, 15) is 0 Å². The molecule has 3 aliphatic rings. The van der Waals surface area contributed by atoms with Gasteiger partial charge >= 0.3 is 0 Å². The highest BCUT2D eigenvalue weighted by atomic mass is 15.1. The van der Waals surface area contributed by atoms with Gasteiger partial charge in [0, 0.05) is 18.1 Å². The molecule has 86 valence electrons. The van der Waals surface area contributed by atoms with Crippen LogP contribution in [0, 0.1) is 5.92 Å². The summed E-state index contributed by atoms with van der Waals surface area (Å²) < 4.78 is 0. The van der Waals surface area contributed by atoms with Gasteiger partial charge in [-0.1, -0.05) is 25.7 Å². The monoisotopic (exact) mass is 208 g/mol. The lowest BCUT2D eigenvalue weighted by Gasteiger charge is -2.36. The van der Waals surface area contributed by atoms with Crippen molar-refractivity contribution in [3.05, 3.63) is 0 Å². The highest BCUT2D eigenvalue weighted by Crippen LogP contribution is 2.34. The zero-order valence-electron chi connectivity index (χ0n) is 9.73. The lowest BCUT2D eigenvalue weighted by atomic mass is 9.83. The minimum atomic E-state index is 0.483. The molecule has 3 rings (SSSR count). The summed E-state index contributed by atoms with van der Waals surface area (Å²) in [5.74, 6) is 0.915. The highest BCUT2D eigenvalue weighted by Gasteiger charge is 2.40. The molecule has 1 aliphatic heterocycles. The molecule has 0 bridgehead atoms.